The van der Waals surface area contributed by atoms with Crippen molar-refractivity contribution in [2.45, 2.75) is 19.4 Å². The molecule has 0 atom stereocenters. The number of imide groups is 1. The van der Waals surface area contributed by atoms with Crippen LogP contribution in [-0.4, -0.2) is 31.7 Å². The third-order valence-electron chi connectivity index (χ3n) is 1.22. The van der Waals surface area contributed by atoms with E-state index in [-0.39, 0.29) is 5.91 Å². The van der Waals surface area contributed by atoms with E-state index in [2.05, 4.69) is 15.4 Å². The summed E-state index contributed by atoms with van der Waals surface area (Å²) in [5.74, 6) is -0.271. The number of hydrogen-bond donors (Lipinski definition) is 2. The molecule has 5 nitrogen and oxygen atoms in total. The number of carbonyl (C=O) groups is 2. The summed E-state index contributed by atoms with van der Waals surface area (Å²) in [5, 5.41) is 4.56. The van der Waals surface area contributed by atoms with Crippen molar-refractivity contribution in [2.24, 2.45) is 0 Å². The molecule has 0 aliphatic carbocycles. The van der Waals surface area contributed by atoms with Crippen LogP contribution in [0.25, 0.3) is 0 Å². The summed E-state index contributed by atoms with van der Waals surface area (Å²) < 4.78 is 4.25. The van der Waals surface area contributed by atoms with E-state index < -0.39 is 11.6 Å². The summed E-state index contributed by atoms with van der Waals surface area (Å²) in [6, 6.07) is -0.412. The van der Waals surface area contributed by atoms with Gasteiger partial charge in [-0.05, 0) is 13.8 Å². The molecule has 0 radical (unpaired) electrons. The first kappa shape index (κ1) is 10.9. The van der Waals surface area contributed by atoms with Crippen LogP contribution < -0.4 is 10.6 Å². The van der Waals surface area contributed by atoms with Gasteiger partial charge in [0.1, 0.15) is 5.54 Å². The summed E-state index contributed by atoms with van der Waals surface area (Å²) >= 11 is 0. The van der Waals surface area contributed by atoms with E-state index in [0.29, 0.717) is 0 Å². The Kier molecular flexibility index (Phi) is 3.69. The zero-order chi connectivity index (χ0) is 9.78. The van der Waals surface area contributed by atoms with Crippen LogP contribution >= 0.6 is 0 Å². The van der Waals surface area contributed by atoms with Crippen LogP contribution in [0.1, 0.15) is 13.8 Å². The number of methoxy groups -OCH3 is 1. The van der Waals surface area contributed by atoms with Gasteiger partial charge in [-0.1, -0.05) is 0 Å². The van der Waals surface area contributed by atoms with Crippen LogP contribution in [0.5, 0.6) is 0 Å². The highest BCUT2D eigenvalue weighted by atomic mass is 16.4. The van der Waals surface area contributed by atoms with E-state index in [1.54, 1.807) is 28.1 Å². The summed E-state index contributed by atoms with van der Waals surface area (Å²) in [5.41, 5.74) is -0.725. The lowest BCUT2D eigenvalue weighted by atomic mass is 10.1. The monoisotopic (exact) mass is 174 g/mol. The number of ether oxygens (including phenoxy) is 1. The van der Waals surface area contributed by atoms with E-state index >= 15 is 0 Å². The summed E-state index contributed by atoms with van der Waals surface area (Å²) in [6.45, 7) is 3.29. The van der Waals surface area contributed by atoms with Crippen molar-refractivity contribution in [1.29, 1.82) is 0 Å². The molecular weight excluding hydrogens is 160 g/mol. The second kappa shape index (κ2) is 4.06. The molecule has 1 aliphatic heterocycles. The Hall–Kier alpha value is -1.10. The summed E-state index contributed by atoms with van der Waals surface area (Å²) in [4.78, 5) is 21.1. The first-order valence-electron chi connectivity index (χ1n) is 3.47. The lowest BCUT2D eigenvalue weighted by Crippen LogP contribution is -2.39. The SMILES string of the molecule is CC1(C)NC(=O)NC1=O.COC. The van der Waals surface area contributed by atoms with Crippen molar-refractivity contribution < 1.29 is 14.3 Å². The Morgan fingerprint density at radius 1 is 1.25 bits per heavy atom. The minimum atomic E-state index is -0.725. The average Bonchev–Trinajstić information content (AvgIpc) is 2.06. The molecule has 0 aromatic heterocycles. The number of nitrogens with one attached hydrogen (secondary N) is 2. The minimum absolute atomic E-state index is 0.271. The number of carbonyl (C=O) groups excluding carboxylic acids is 2. The molecule has 0 saturated carbocycles. The minimum Gasteiger partial charge on any atom is -0.388 e. The van der Waals surface area contributed by atoms with E-state index in [1.165, 1.54) is 0 Å². The first-order valence-corrected chi connectivity index (χ1v) is 3.47. The Morgan fingerprint density at radius 3 is 1.75 bits per heavy atom. The zero-order valence-corrected chi connectivity index (χ0v) is 7.72. The second-order valence-electron chi connectivity index (χ2n) is 2.94. The maximum absolute atomic E-state index is 10.7. The number of hydrogen-bond acceptors (Lipinski definition) is 3. The van der Waals surface area contributed by atoms with Crippen molar-refractivity contribution in [3.05, 3.63) is 0 Å². The van der Waals surface area contributed by atoms with Crippen LogP contribution in [0.2, 0.25) is 0 Å². The highest BCUT2D eigenvalue weighted by Crippen LogP contribution is 2.05. The molecule has 1 rings (SSSR count). The number of urea groups is 1. The lowest BCUT2D eigenvalue weighted by Gasteiger charge is -2.11. The van der Waals surface area contributed by atoms with E-state index in [4.69, 9.17) is 0 Å². The van der Waals surface area contributed by atoms with Gasteiger partial charge in [0.25, 0.3) is 5.91 Å². The van der Waals surface area contributed by atoms with Gasteiger partial charge < -0.3 is 10.1 Å². The largest absolute Gasteiger partial charge is 0.388 e. The van der Waals surface area contributed by atoms with Gasteiger partial charge in [-0.25, -0.2) is 4.79 Å². The van der Waals surface area contributed by atoms with Crippen molar-refractivity contribution in [2.75, 3.05) is 14.2 Å². The van der Waals surface area contributed by atoms with Gasteiger partial charge in [0.15, 0.2) is 0 Å². The quantitative estimate of drug-likeness (QED) is 0.502. The van der Waals surface area contributed by atoms with Gasteiger partial charge in [-0.15, -0.1) is 0 Å². The van der Waals surface area contributed by atoms with Gasteiger partial charge in [-0.3, -0.25) is 10.1 Å². The topological polar surface area (TPSA) is 67.4 Å². The smallest absolute Gasteiger partial charge is 0.322 e. The molecule has 0 unspecified atom stereocenters. The fourth-order valence-corrected chi connectivity index (χ4v) is 0.631. The Balaban J connectivity index is 0.000000354. The Morgan fingerprint density at radius 2 is 1.67 bits per heavy atom. The normalized spacial score (nSPS) is 19.0. The van der Waals surface area contributed by atoms with Crippen molar-refractivity contribution in [1.82, 2.24) is 10.6 Å². The van der Waals surface area contributed by atoms with Gasteiger partial charge >= 0.3 is 6.03 Å². The van der Waals surface area contributed by atoms with Crippen LogP contribution in [0.3, 0.4) is 0 Å². The fraction of sp³-hybridized carbons (Fsp3) is 0.714. The molecular formula is C7H14N2O3. The number of amides is 3. The van der Waals surface area contributed by atoms with Gasteiger partial charge in [0.05, 0.1) is 0 Å². The van der Waals surface area contributed by atoms with E-state index in [0.717, 1.165) is 0 Å². The van der Waals surface area contributed by atoms with Crippen molar-refractivity contribution in [3.8, 4) is 0 Å². The van der Waals surface area contributed by atoms with Gasteiger partial charge in [-0.2, -0.15) is 0 Å². The second-order valence-corrected chi connectivity index (χ2v) is 2.94. The highest BCUT2D eigenvalue weighted by Gasteiger charge is 2.36. The van der Waals surface area contributed by atoms with Crippen LogP contribution in [0, 0.1) is 0 Å². The van der Waals surface area contributed by atoms with Crippen LogP contribution in [-0.2, 0) is 9.53 Å². The summed E-state index contributed by atoms with van der Waals surface area (Å²) in [7, 11) is 3.25. The molecule has 2 N–H and O–H groups in total. The zero-order valence-electron chi connectivity index (χ0n) is 7.72. The Bertz CT molecular complexity index is 189. The molecule has 0 aromatic rings. The first-order chi connectivity index (χ1) is 5.44. The predicted octanol–water partition coefficient (Wildman–Crippen LogP) is -0.133. The number of rotatable bonds is 0. The van der Waals surface area contributed by atoms with E-state index in [9.17, 15) is 9.59 Å². The molecule has 1 aliphatic rings. The molecule has 1 saturated heterocycles. The third-order valence-corrected chi connectivity index (χ3v) is 1.22. The standard InChI is InChI=1S/C5H8N2O2.C2H6O/c1-5(2)3(8)6-4(9)7-5;1-3-2/h1-2H3,(H2,6,7,8,9);1-2H3. The summed E-state index contributed by atoms with van der Waals surface area (Å²) in [6.07, 6.45) is 0. The molecule has 3 amide bonds. The molecule has 0 bridgehead atoms. The highest BCUT2D eigenvalue weighted by molar-refractivity contribution is 6.06. The molecule has 12 heavy (non-hydrogen) atoms. The van der Waals surface area contributed by atoms with E-state index in [1.807, 2.05) is 0 Å². The molecule has 1 heterocycles. The van der Waals surface area contributed by atoms with Crippen molar-refractivity contribution in [3.63, 3.8) is 0 Å². The van der Waals surface area contributed by atoms with Crippen LogP contribution in [0.15, 0.2) is 0 Å². The molecule has 0 aromatic carbocycles. The molecule has 5 heteroatoms. The maximum atomic E-state index is 10.7. The van der Waals surface area contributed by atoms with Gasteiger partial charge in [0.2, 0.25) is 0 Å². The fourth-order valence-electron chi connectivity index (χ4n) is 0.631. The average molecular weight is 174 g/mol. The molecule has 70 valence electrons. The third kappa shape index (κ3) is 2.87. The molecule has 0 spiro atoms. The van der Waals surface area contributed by atoms with Crippen LogP contribution in [0.4, 0.5) is 4.79 Å². The van der Waals surface area contributed by atoms with Crippen molar-refractivity contribution >= 4 is 11.9 Å². The Labute approximate surface area is 71.5 Å². The van der Waals surface area contributed by atoms with Gasteiger partial charge in [0, 0.05) is 14.2 Å². The lowest BCUT2D eigenvalue weighted by molar-refractivity contribution is -0.122. The molecule has 1 fully saturated rings. The predicted molar refractivity (Wildman–Crippen MR) is 43.7 cm³/mol. The maximum Gasteiger partial charge on any atom is 0.322 e.